The number of unbranched alkanes of at least 4 members (excludes halogenated alkanes) is 3. The lowest BCUT2D eigenvalue weighted by molar-refractivity contribution is 0.0700. The van der Waals surface area contributed by atoms with Gasteiger partial charge >= 0.3 is 8.80 Å². The van der Waals surface area contributed by atoms with Gasteiger partial charge in [0, 0.05) is 25.0 Å². The number of hydrogen-bond acceptors (Lipinski definition) is 3. The van der Waals surface area contributed by atoms with Crippen LogP contribution < -0.4 is 5.19 Å². The summed E-state index contributed by atoms with van der Waals surface area (Å²) in [6.45, 7) is 14.6. The fraction of sp³-hybridized carbons (Fsp3) is 0.619. The first-order valence-corrected chi connectivity index (χ1v) is 11.5. The van der Waals surface area contributed by atoms with Gasteiger partial charge in [0.2, 0.25) is 0 Å². The molecule has 0 bridgehead atoms. The second-order valence-corrected chi connectivity index (χ2v) is 9.08. The molecule has 0 amide bonds. The fourth-order valence-corrected chi connectivity index (χ4v) is 4.95. The molecule has 0 unspecified atom stereocenters. The van der Waals surface area contributed by atoms with Gasteiger partial charge < -0.3 is 13.3 Å². The molecule has 1 rings (SSSR count). The normalized spacial score (nSPS) is 11.7. The largest absolute Gasteiger partial charge is 0.537 e. The molecule has 0 atom stereocenters. The Morgan fingerprint density at radius 2 is 1.20 bits per heavy atom. The summed E-state index contributed by atoms with van der Waals surface area (Å²) in [5.41, 5.74) is 2.20. The summed E-state index contributed by atoms with van der Waals surface area (Å²) < 4.78 is 19.0. The number of benzene rings is 1. The van der Waals surface area contributed by atoms with Crippen molar-refractivity contribution < 1.29 is 13.3 Å². The van der Waals surface area contributed by atoms with Gasteiger partial charge in [0.15, 0.2) is 0 Å². The molecule has 0 aliphatic rings. The van der Waals surface area contributed by atoms with Crippen molar-refractivity contribution in [1.29, 1.82) is 0 Å². The van der Waals surface area contributed by atoms with E-state index in [-0.39, 0.29) is 0 Å². The van der Waals surface area contributed by atoms with Crippen molar-refractivity contribution in [3.8, 4) is 0 Å². The monoisotopic (exact) mass is 364 g/mol. The highest BCUT2D eigenvalue weighted by Crippen LogP contribution is 2.16. The molecular weight excluding hydrogens is 328 g/mol. The molecule has 0 radical (unpaired) electrons. The first-order chi connectivity index (χ1) is 12.1. The highest BCUT2D eigenvalue weighted by atomic mass is 28.4. The van der Waals surface area contributed by atoms with Crippen LogP contribution in [0.25, 0.3) is 5.57 Å². The second kappa shape index (κ2) is 12.4. The van der Waals surface area contributed by atoms with Gasteiger partial charge in [0.05, 0.1) is 0 Å². The Morgan fingerprint density at radius 3 is 1.52 bits per heavy atom. The predicted molar refractivity (Wildman–Crippen MR) is 109 cm³/mol. The molecule has 1 aromatic rings. The van der Waals surface area contributed by atoms with E-state index in [9.17, 15) is 0 Å². The van der Waals surface area contributed by atoms with Crippen LogP contribution in [0.4, 0.5) is 0 Å². The van der Waals surface area contributed by atoms with Gasteiger partial charge in [-0.3, -0.25) is 0 Å². The summed E-state index contributed by atoms with van der Waals surface area (Å²) in [7, 11) is -2.87. The molecule has 142 valence electrons. The zero-order valence-corrected chi connectivity index (χ0v) is 17.6. The van der Waals surface area contributed by atoms with Crippen molar-refractivity contribution in [1.82, 2.24) is 0 Å². The maximum atomic E-state index is 6.32. The third-order valence-corrected chi connectivity index (χ3v) is 6.89. The minimum absolute atomic E-state index is 0.684. The van der Waals surface area contributed by atoms with Crippen LogP contribution in [0.2, 0.25) is 0 Å². The van der Waals surface area contributed by atoms with Crippen molar-refractivity contribution in [2.75, 3.05) is 19.8 Å². The Labute approximate surface area is 155 Å². The van der Waals surface area contributed by atoms with Crippen LogP contribution in [-0.2, 0) is 13.3 Å². The van der Waals surface area contributed by atoms with Gasteiger partial charge in [-0.25, -0.2) is 0 Å². The Hall–Kier alpha value is -0.943. The van der Waals surface area contributed by atoms with E-state index in [0.717, 1.165) is 54.8 Å². The molecule has 0 aliphatic heterocycles. The smallest absolute Gasteiger partial charge is 0.370 e. The van der Waals surface area contributed by atoms with Crippen LogP contribution >= 0.6 is 0 Å². The molecule has 3 nitrogen and oxygen atoms in total. The molecule has 0 fully saturated rings. The third-order valence-electron chi connectivity index (χ3n) is 4.10. The van der Waals surface area contributed by atoms with E-state index < -0.39 is 8.80 Å². The molecule has 0 aliphatic carbocycles. The van der Waals surface area contributed by atoms with Crippen molar-refractivity contribution in [3.05, 3.63) is 36.4 Å². The summed E-state index contributed by atoms with van der Waals surface area (Å²) in [4.78, 5) is 0. The van der Waals surface area contributed by atoms with Crippen molar-refractivity contribution in [2.45, 2.75) is 66.2 Å². The van der Waals surface area contributed by atoms with Gasteiger partial charge in [-0.15, -0.1) is 0 Å². The molecule has 4 heteroatoms. The van der Waals surface area contributed by atoms with E-state index in [4.69, 9.17) is 13.3 Å². The zero-order valence-electron chi connectivity index (χ0n) is 16.6. The van der Waals surface area contributed by atoms with E-state index >= 15 is 0 Å². The average molecular weight is 365 g/mol. The number of hydrogen-bond donors (Lipinski definition) is 0. The summed E-state index contributed by atoms with van der Waals surface area (Å²) in [5, 5.41) is 1.06. The molecule has 0 spiro atoms. The molecule has 1 aromatic carbocycles. The lowest BCUT2D eigenvalue weighted by Crippen LogP contribution is -2.57. The van der Waals surface area contributed by atoms with Crippen LogP contribution in [-0.4, -0.2) is 28.6 Å². The summed E-state index contributed by atoms with van der Waals surface area (Å²) in [5.74, 6) is 0. The van der Waals surface area contributed by atoms with Crippen LogP contribution in [0, 0.1) is 0 Å². The number of allylic oxidation sites excluding steroid dienone is 1. The van der Waals surface area contributed by atoms with E-state index in [0.29, 0.717) is 19.8 Å². The fourth-order valence-electron chi connectivity index (χ4n) is 2.39. The second-order valence-electron chi connectivity index (χ2n) is 6.52. The van der Waals surface area contributed by atoms with Crippen LogP contribution in [0.1, 0.15) is 71.8 Å². The van der Waals surface area contributed by atoms with E-state index in [1.54, 1.807) is 0 Å². The topological polar surface area (TPSA) is 27.7 Å². The highest BCUT2D eigenvalue weighted by Gasteiger charge is 2.43. The van der Waals surface area contributed by atoms with E-state index in [1.807, 2.05) is 6.92 Å². The number of rotatable bonds is 14. The molecule has 0 saturated carbocycles. The SMILES string of the molecule is C=C(C)c1ccc([Si](OCCCC)(OCCCC)OCCCC)cc1. The molecule has 0 heterocycles. The van der Waals surface area contributed by atoms with Gasteiger partial charge in [-0.2, -0.15) is 0 Å². The van der Waals surface area contributed by atoms with Gasteiger partial charge in [-0.1, -0.05) is 76.5 Å². The Balaban J connectivity index is 3.05. The minimum Gasteiger partial charge on any atom is -0.370 e. The van der Waals surface area contributed by atoms with Crippen LogP contribution in [0.15, 0.2) is 30.8 Å². The lowest BCUT2D eigenvalue weighted by Gasteiger charge is -2.30. The molecule has 0 N–H and O–H groups in total. The zero-order chi connectivity index (χ0) is 18.5. The van der Waals surface area contributed by atoms with Crippen LogP contribution in [0.3, 0.4) is 0 Å². The molecule has 0 saturated heterocycles. The standard InChI is InChI=1S/C21H36O3Si/c1-6-9-16-22-25(23-17-10-7-2,24-18-11-8-3)21-14-12-20(13-15-21)19(4)5/h12-15H,4,6-11,16-18H2,1-3,5H3. The average Bonchev–Trinajstić information content (AvgIpc) is 2.62. The highest BCUT2D eigenvalue weighted by molar-refractivity contribution is 6.75. The summed E-state index contributed by atoms with van der Waals surface area (Å²) >= 11 is 0. The maximum Gasteiger partial charge on any atom is 0.537 e. The predicted octanol–water partition coefficient (Wildman–Crippen LogP) is 5.32. The van der Waals surface area contributed by atoms with Gasteiger partial charge in [-0.05, 0) is 31.7 Å². The first kappa shape index (κ1) is 22.1. The van der Waals surface area contributed by atoms with Crippen LogP contribution in [0.5, 0.6) is 0 Å². The molecule has 25 heavy (non-hydrogen) atoms. The van der Waals surface area contributed by atoms with Crippen molar-refractivity contribution in [2.24, 2.45) is 0 Å². The van der Waals surface area contributed by atoms with Gasteiger partial charge in [0.25, 0.3) is 0 Å². The molecule has 0 aromatic heterocycles. The summed E-state index contributed by atoms with van der Waals surface area (Å²) in [6.07, 6.45) is 6.36. The van der Waals surface area contributed by atoms with Crippen molar-refractivity contribution in [3.63, 3.8) is 0 Å². The first-order valence-electron chi connectivity index (χ1n) is 9.77. The Morgan fingerprint density at radius 1 is 0.800 bits per heavy atom. The minimum atomic E-state index is -2.87. The third kappa shape index (κ3) is 7.44. The quantitative estimate of drug-likeness (QED) is 0.330. The Kier molecular flexibility index (Phi) is 11.0. The molecular formula is C21H36O3Si. The summed E-state index contributed by atoms with van der Waals surface area (Å²) in [6, 6.07) is 8.38. The van der Waals surface area contributed by atoms with Gasteiger partial charge in [0.1, 0.15) is 0 Å². The lowest BCUT2D eigenvalue weighted by atomic mass is 10.1. The van der Waals surface area contributed by atoms with Crippen molar-refractivity contribution >= 4 is 19.6 Å². The van der Waals surface area contributed by atoms with E-state index in [1.165, 1.54) is 0 Å². The maximum absolute atomic E-state index is 6.32. The van der Waals surface area contributed by atoms with E-state index in [2.05, 4.69) is 51.6 Å². The Bertz CT molecular complexity index is 458.